The lowest BCUT2D eigenvalue weighted by molar-refractivity contribution is -0.145. The Balaban J connectivity index is 1.14. The minimum Gasteiger partial charge on any atom is -0.494 e. The summed E-state index contributed by atoms with van der Waals surface area (Å²) in [6.45, 7) is 0.869. The van der Waals surface area contributed by atoms with E-state index in [0.717, 1.165) is 72.1 Å². The Bertz CT molecular complexity index is 1680. The van der Waals surface area contributed by atoms with E-state index in [1.165, 1.54) is 5.56 Å². The fourth-order valence-corrected chi connectivity index (χ4v) is 7.00. The number of hydrogen-bond acceptors (Lipinski definition) is 4. The van der Waals surface area contributed by atoms with Gasteiger partial charge >= 0.3 is 5.97 Å². The molecule has 7 nitrogen and oxygen atoms in total. The van der Waals surface area contributed by atoms with Crippen LogP contribution in [0.5, 0.6) is 5.75 Å². The van der Waals surface area contributed by atoms with Gasteiger partial charge in [-0.1, -0.05) is 104 Å². The first-order valence-electron chi connectivity index (χ1n) is 17.2. The van der Waals surface area contributed by atoms with Crippen LogP contribution < -0.4 is 10.1 Å². The van der Waals surface area contributed by atoms with Gasteiger partial charge in [0.05, 0.1) is 6.61 Å². The van der Waals surface area contributed by atoms with Crippen molar-refractivity contribution in [1.29, 1.82) is 0 Å². The number of benzene rings is 4. The quantitative estimate of drug-likeness (QED) is 0.153. The van der Waals surface area contributed by atoms with Crippen LogP contribution >= 0.6 is 0 Å². The summed E-state index contributed by atoms with van der Waals surface area (Å²) in [5, 5.41) is 12.9. The molecule has 4 aromatic carbocycles. The molecule has 1 saturated carbocycles. The molecule has 1 fully saturated rings. The molecule has 0 radical (unpaired) electrons. The van der Waals surface area contributed by atoms with Crippen molar-refractivity contribution in [3.05, 3.63) is 125 Å². The standard InChI is InChI=1S/C41H44N2O5/c44-39(25-30-12-7-8-13-30)43-28-35-26-36(48-23-9-14-29-10-3-1-4-11-29)22-21-34(35)27-38(43)40(45)42-37(41(46)47)24-31-17-19-33(20-18-31)32-15-5-2-6-16-32/h1-6,10-11,15-22,26,30,37-38H,7-9,12-14,23-25,27-28H2,(H,42,45)(H,46,47)/t37-,38?/m0/s1. The van der Waals surface area contributed by atoms with Gasteiger partial charge in [0.1, 0.15) is 17.8 Å². The first-order chi connectivity index (χ1) is 23.4. The number of nitrogens with one attached hydrogen (secondary N) is 1. The first-order valence-corrected chi connectivity index (χ1v) is 17.2. The lowest BCUT2D eigenvalue weighted by atomic mass is 9.91. The summed E-state index contributed by atoms with van der Waals surface area (Å²) in [6, 6.07) is 32.0. The Hall–Kier alpha value is -4.91. The number of fused-ring (bicyclic) bond motifs is 1. The molecule has 2 aliphatic rings. The van der Waals surface area contributed by atoms with Crippen molar-refractivity contribution in [2.75, 3.05) is 6.61 Å². The van der Waals surface area contributed by atoms with Gasteiger partial charge in [-0.2, -0.15) is 0 Å². The zero-order valence-electron chi connectivity index (χ0n) is 27.4. The van der Waals surface area contributed by atoms with E-state index < -0.39 is 24.0 Å². The highest BCUT2D eigenvalue weighted by atomic mass is 16.5. The Morgan fingerprint density at radius 1 is 0.812 bits per heavy atom. The topological polar surface area (TPSA) is 95.9 Å². The van der Waals surface area contributed by atoms with E-state index in [2.05, 4.69) is 17.4 Å². The molecule has 2 atom stereocenters. The van der Waals surface area contributed by atoms with Gasteiger partial charge in [0.25, 0.3) is 0 Å². The third kappa shape index (κ3) is 8.51. The van der Waals surface area contributed by atoms with Crippen molar-refractivity contribution < 1.29 is 24.2 Å². The van der Waals surface area contributed by atoms with Gasteiger partial charge in [0.15, 0.2) is 0 Å². The molecule has 2 amide bonds. The maximum absolute atomic E-state index is 13.9. The molecule has 248 valence electrons. The molecule has 0 bridgehead atoms. The molecule has 7 heteroatoms. The Labute approximate surface area is 282 Å². The molecule has 1 aliphatic carbocycles. The average molecular weight is 645 g/mol. The zero-order chi connectivity index (χ0) is 33.3. The number of aryl methyl sites for hydroxylation is 1. The van der Waals surface area contributed by atoms with Crippen molar-refractivity contribution >= 4 is 17.8 Å². The number of carboxylic acids is 1. The summed E-state index contributed by atoms with van der Waals surface area (Å²) in [5.41, 5.74) is 6.13. The molecular formula is C41H44N2O5. The summed E-state index contributed by atoms with van der Waals surface area (Å²) < 4.78 is 6.09. The number of nitrogens with zero attached hydrogens (tertiary/aromatic N) is 1. The maximum atomic E-state index is 13.9. The van der Waals surface area contributed by atoms with Crippen LogP contribution in [0.4, 0.5) is 0 Å². The summed E-state index contributed by atoms with van der Waals surface area (Å²) >= 11 is 0. The molecule has 4 aromatic rings. The van der Waals surface area contributed by atoms with Crippen molar-refractivity contribution in [1.82, 2.24) is 10.2 Å². The summed E-state index contributed by atoms with van der Waals surface area (Å²) in [5.74, 6) is -0.519. The van der Waals surface area contributed by atoms with Crippen LogP contribution in [0.1, 0.15) is 60.8 Å². The van der Waals surface area contributed by atoms with Crippen LogP contribution in [0, 0.1) is 5.92 Å². The lowest BCUT2D eigenvalue weighted by Crippen LogP contribution is -2.56. The molecule has 0 spiro atoms. The van der Waals surface area contributed by atoms with E-state index in [0.29, 0.717) is 31.9 Å². The van der Waals surface area contributed by atoms with Gasteiger partial charge in [-0.05, 0) is 77.1 Å². The summed E-state index contributed by atoms with van der Waals surface area (Å²) in [7, 11) is 0. The van der Waals surface area contributed by atoms with Crippen molar-refractivity contribution in [2.45, 2.75) is 76.4 Å². The van der Waals surface area contributed by atoms with Crippen LogP contribution in [0.15, 0.2) is 103 Å². The SMILES string of the molecule is O=C(N[C@@H](Cc1ccc(-c2ccccc2)cc1)C(=O)O)C1Cc2ccc(OCCCc3ccccc3)cc2CN1C(=O)CC1CCCC1. The molecule has 0 saturated heterocycles. The monoisotopic (exact) mass is 644 g/mol. The molecule has 2 N–H and O–H groups in total. The van der Waals surface area contributed by atoms with Crippen molar-refractivity contribution in [2.24, 2.45) is 5.92 Å². The molecule has 1 unspecified atom stereocenters. The third-order valence-electron chi connectivity index (χ3n) is 9.71. The van der Waals surface area contributed by atoms with E-state index in [1.54, 1.807) is 4.90 Å². The van der Waals surface area contributed by atoms with Gasteiger partial charge in [0.2, 0.25) is 11.8 Å². The molecule has 6 rings (SSSR count). The number of carboxylic acid groups (broad SMARTS) is 1. The Morgan fingerprint density at radius 3 is 2.21 bits per heavy atom. The summed E-state index contributed by atoms with van der Waals surface area (Å²) in [6.07, 6.45) is 7.00. The van der Waals surface area contributed by atoms with Crippen LogP contribution in [-0.4, -0.2) is 46.5 Å². The van der Waals surface area contributed by atoms with Gasteiger partial charge < -0.3 is 20.1 Å². The predicted molar refractivity (Wildman–Crippen MR) is 186 cm³/mol. The Kier molecular flexibility index (Phi) is 10.9. The van der Waals surface area contributed by atoms with E-state index in [4.69, 9.17) is 4.74 Å². The van der Waals surface area contributed by atoms with Crippen LogP contribution in [0.3, 0.4) is 0 Å². The third-order valence-corrected chi connectivity index (χ3v) is 9.71. The fraction of sp³-hybridized carbons (Fsp3) is 0.341. The van der Waals surface area contributed by atoms with Crippen molar-refractivity contribution in [3.8, 4) is 16.9 Å². The van der Waals surface area contributed by atoms with E-state index in [-0.39, 0.29) is 12.3 Å². The smallest absolute Gasteiger partial charge is 0.326 e. The highest BCUT2D eigenvalue weighted by molar-refractivity contribution is 5.91. The van der Waals surface area contributed by atoms with E-state index >= 15 is 0 Å². The molecular weight excluding hydrogens is 600 g/mol. The first kappa shape index (κ1) is 33.0. The van der Waals surface area contributed by atoms with E-state index in [9.17, 15) is 19.5 Å². The van der Waals surface area contributed by atoms with Crippen molar-refractivity contribution in [3.63, 3.8) is 0 Å². The minimum absolute atomic E-state index is 0.0507. The number of rotatable bonds is 13. The van der Waals surface area contributed by atoms with Gasteiger partial charge in [-0.3, -0.25) is 9.59 Å². The molecule has 1 aliphatic heterocycles. The highest BCUT2D eigenvalue weighted by Gasteiger charge is 2.37. The largest absolute Gasteiger partial charge is 0.494 e. The summed E-state index contributed by atoms with van der Waals surface area (Å²) in [4.78, 5) is 41.7. The highest BCUT2D eigenvalue weighted by Crippen LogP contribution is 2.32. The second-order valence-electron chi connectivity index (χ2n) is 13.1. The van der Waals surface area contributed by atoms with Crippen LogP contribution in [0.25, 0.3) is 11.1 Å². The van der Waals surface area contributed by atoms with E-state index in [1.807, 2.05) is 91.0 Å². The van der Waals surface area contributed by atoms with Crippen LogP contribution in [0.2, 0.25) is 0 Å². The van der Waals surface area contributed by atoms with Crippen LogP contribution in [-0.2, 0) is 40.2 Å². The number of carbonyl (C=O) groups excluding carboxylic acids is 2. The predicted octanol–water partition coefficient (Wildman–Crippen LogP) is 7.01. The van der Waals surface area contributed by atoms with Gasteiger partial charge in [0, 0.05) is 25.8 Å². The number of aliphatic carboxylic acids is 1. The normalized spacial score (nSPS) is 16.6. The molecule has 0 aromatic heterocycles. The molecule has 48 heavy (non-hydrogen) atoms. The Morgan fingerprint density at radius 2 is 1.50 bits per heavy atom. The number of ether oxygens (including phenoxy) is 1. The fourth-order valence-electron chi connectivity index (χ4n) is 7.00. The number of carbonyl (C=O) groups is 3. The zero-order valence-corrected chi connectivity index (χ0v) is 27.4. The molecule has 1 heterocycles. The minimum atomic E-state index is -1.13. The average Bonchev–Trinajstić information content (AvgIpc) is 3.63. The van der Waals surface area contributed by atoms with Gasteiger partial charge in [-0.15, -0.1) is 0 Å². The number of hydrogen-bond donors (Lipinski definition) is 2. The van der Waals surface area contributed by atoms with Gasteiger partial charge in [-0.25, -0.2) is 4.79 Å². The lowest BCUT2D eigenvalue weighted by Gasteiger charge is -2.37. The second kappa shape index (κ2) is 15.8. The second-order valence-corrected chi connectivity index (χ2v) is 13.1. The number of amides is 2. The maximum Gasteiger partial charge on any atom is 0.326 e.